The Kier molecular flexibility index (Phi) is 8.23. The third-order valence-corrected chi connectivity index (χ3v) is 7.67. The second-order valence-corrected chi connectivity index (χ2v) is 9.51. The van der Waals surface area contributed by atoms with Gasteiger partial charge in [0.05, 0.1) is 21.5 Å². The SMILES string of the molecule is CCC(CCC(C#N)(c1ccc(Cl)c(Cl)c1)C1CCCC1)N(C)Cc1ccccc1. The third kappa shape index (κ3) is 5.20. The molecule has 30 heavy (non-hydrogen) atoms. The third-order valence-electron chi connectivity index (χ3n) is 6.93. The van der Waals surface area contributed by atoms with Gasteiger partial charge in [-0.3, -0.25) is 4.90 Å². The van der Waals surface area contributed by atoms with Crippen molar-refractivity contribution in [3.63, 3.8) is 0 Å². The van der Waals surface area contributed by atoms with E-state index in [-0.39, 0.29) is 0 Å². The summed E-state index contributed by atoms with van der Waals surface area (Å²) in [7, 11) is 2.20. The number of nitriles is 1. The van der Waals surface area contributed by atoms with E-state index < -0.39 is 5.41 Å². The lowest BCUT2D eigenvalue weighted by atomic mass is 9.67. The van der Waals surface area contributed by atoms with Gasteiger partial charge in [-0.2, -0.15) is 5.26 Å². The zero-order chi connectivity index (χ0) is 21.6. The van der Waals surface area contributed by atoms with Gasteiger partial charge in [0.25, 0.3) is 0 Å². The van der Waals surface area contributed by atoms with E-state index in [4.69, 9.17) is 23.2 Å². The lowest BCUT2D eigenvalue weighted by molar-refractivity contribution is 0.193. The van der Waals surface area contributed by atoms with E-state index in [1.54, 1.807) is 0 Å². The molecule has 2 unspecified atom stereocenters. The highest BCUT2D eigenvalue weighted by Crippen LogP contribution is 2.46. The van der Waals surface area contributed by atoms with E-state index in [0.29, 0.717) is 22.0 Å². The van der Waals surface area contributed by atoms with E-state index in [9.17, 15) is 5.26 Å². The smallest absolute Gasteiger partial charge is 0.0851 e. The molecule has 0 saturated heterocycles. The minimum atomic E-state index is -0.494. The summed E-state index contributed by atoms with van der Waals surface area (Å²) in [6, 6.07) is 19.6. The second kappa shape index (κ2) is 10.7. The van der Waals surface area contributed by atoms with Gasteiger partial charge < -0.3 is 0 Å². The van der Waals surface area contributed by atoms with Crippen molar-refractivity contribution in [2.45, 2.75) is 69.9 Å². The van der Waals surface area contributed by atoms with Crippen molar-refractivity contribution >= 4 is 23.2 Å². The first kappa shape index (κ1) is 23.1. The van der Waals surface area contributed by atoms with Crippen LogP contribution in [0.4, 0.5) is 0 Å². The Morgan fingerprint density at radius 1 is 1.10 bits per heavy atom. The van der Waals surface area contributed by atoms with E-state index >= 15 is 0 Å². The molecule has 1 aliphatic carbocycles. The van der Waals surface area contributed by atoms with Gasteiger partial charge in [-0.15, -0.1) is 0 Å². The molecular weight excluding hydrogens is 411 g/mol. The molecule has 0 aliphatic heterocycles. The topological polar surface area (TPSA) is 27.0 Å². The lowest BCUT2D eigenvalue weighted by Gasteiger charge is -2.36. The van der Waals surface area contributed by atoms with E-state index in [1.807, 2.05) is 18.2 Å². The Bertz CT molecular complexity index is 855. The normalized spacial score (nSPS) is 17.6. The van der Waals surface area contributed by atoms with Gasteiger partial charge in [-0.25, -0.2) is 0 Å². The molecule has 1 aliphatic rings. The van der Waals surface area contributed by atoms with Crippen LogP contribution in [0.25, 0.3) is 0 Å². The zero-order valence-electron chi connectivity index (χ0n) is 18.1. The van der Waals surface area contributed by atoms with Crippen LogP contribution in [0.5, 0.6) is 0 Å². The Morgan fingerprint density at radius 3 is 2.40 bits per heavy atom. The summed E-state index contributed by atoms with van der Waals surface area (Å²) >= 11 is 12.5. The molecule has 1 fully saturated rings. The maximum Gasteiger partial charge on any atom is 0.0851 e. The Labute approximate surface area is 191 Å². The van der Waals surface area contributed by atoms with Crippen LogP contribution < -0.4 is 0 Å². The van der Waals surface area contributed by atoms with Crippen LogP contribution in [-0.2, 0) is 12.0 Å². The number of halogens is 2. The van der Waals surface area contributed by atoms with Crippen LogP contribution in [0.1, 0.15) is 63.0 Å². The molecule has 0 amide bonds. The van der Waals surface area contributed by atoms with Crippen LogP contribution in [0.3, 0.4) is 0 Å². The fraction of sp³-hybridized carbons (Fsp3) is 0.500. The quantitative estimate of drug-likeness (QED) is 0.398. The summed E-state index contributed by atoms with van der Waals surface area (Å²) in [5.41, 5.74) is 1.86. The van der Waals surface area contributed by atoms with Gasteiger partial charge in [0, 0.05) is 12.6 Å². The van der Waals surface area contributed by atoms with Crippen LogP contribution >= 0.6 is 23.2 Å². The van der Waals surface area contributed by atoms with Crippen molar-refractivity contribution < 1.29 is 0 Å². The van der Waals surface area contributed by atoms with Crippen molar-refractivity contribution in [3.05, 3.63) is 69.7 Å². The molecule has 3 rings (SSSR count). The molecule has 2 aromatic rings. The van der Waals surface area contributed by atoms with Gasteiger partial charge in [0.2, 0.25) is 0 Å². The molecular formula is C26H32Cl2N2. The van der Waals surface area contributed by atoms with Crippen molar-refractivity contribution in [3.8, 4) is 6.07 Å². The average Bonchev–Trinajstić information content (AvgIpc) is 3.30. The summed E-state index contributed by atoms with van der Waals surface area (Å²) in [4.78, 5) is 2.43. The molecule has 1 saturated carbocycles. The van der Waals surface area contributed by atoms with Gasteiger partial charge in [0.1, 0.15) is 0 Å². The van der Waals surface area contributed by atoms with E-state index in [2.05, 4.69) is 55.3 Å². The van der Waals surface area contributed by atoms with Crippen LogP contribution in [0, 0.1) is 17.2 Å². The molecule has 0 aromatic heterocycles. The summed E-state index contributed by atoms with van der Waals surface area (Å²) in [5, 5.41) is 11.6. The fourth-order valence-corrected chi connectivity index (χ4v) is 5.42. The Hall–Kier alpha value is -1.53. The molecule has 2 nitrogen and oxygen atoms in total. The van der Waals surface area contributed by atoms with Gasteiger partial charge in [-0.1, -0.05) is 79.4 Å². The Morgan fingerprint density at radius 2 is 1.80 bits per heavy atom. The molecule has 0 radical (unpaired) electrons. The average molecular weight is 443 g/mol. The van der Waals surface area contributed by atoms with Crippen molar-refractivity contribution in [1.29, 1.82) is 5.26 Å². The molecule has 0 N–H and O–H groups in total. The number of rotatable bonds is 9. The first-order valence-electron chi connectivity index (χ1n) is 11.1. The number of benzene rings is 2. The summed E-state index contributed by atoms with van der Waals surface area (Å²) in [6.45, 7) is 3.17. The maximum absolute atomic E-state index is 10.5. The van der Waals surface area contributed by atoms with Gasteiger partial charge in [0.15, 0.2) is 0 Å². The molecule has 2 atom stereocenters. The minimum Gasteiger partial charge on any atom is -0.299 e. The molecule has 4 heteroatoms. The number of hydrogen-bond acceptors (Lipinski definition) is 2. The summed E-state index contributed by atoms with van der Waals surface area (Å²) in [6.07, 6.45) is 7.56. The van der Waals surface area contributed by atoms with Crippen molar-refractivity contribution in [2.75, 3.05) is 7.05 Å². The monoisotopic (exact) mass is 442 g/mol. The number of hydrogen-bond donors (Lipinski definition) is 0. The highest BCUT2D eigenvalue weighted by atomic mass is 35.5. The summed E-state index contributed by atoms with van der Waals surface area (Å²) in [5.74, 6) is 0.386. The largest absolute Gasteiger partial charge is 0.299 e. The Balaban J connectivity index is 1.81. The molecule has 160 valence electrons. The summed E-state index contributed by atoms with van der Waals surface area (Å²) < 4.78 is 0. The van der Waals surface area contributed by atoms with Crippen LogP contribution in [-0.4, -0.2) is 18.0 Å². The molecule has 0 heterocycles. The highest BCUT2D eigenvalue weighted by molar-refractivity contribution is 6.42. The number of nitrogens with zero attached hydrogens (tertiary/aromatic N) is 2. The van der Waals surface area contributed by atoms with Crippen molar-refractivity contribution in [2.24, 2.45) is 5.92 Å². The minimum absolute atomic E-state index is 0.386. The fourth-order valence-electron chi connectivity index (χ4n) is 5.12. The standard InChI is InChI=1S/C26H32Cl2N2/c1-3-23(30(2)18-20-9-5-4-6-10-20)15-16-26(19-29,21-11-7-8-12-21)22-13-14-24(27)25(28)17-22/h4-6,9-10,13-14,17,21,23H,3,7-8,11-12,15-16,18H2,1-2H3. The molecule has 0 spiro atoms. The van der Waals surface area contributed by atoms with Gasteiger partial charge in [-0.05, 0) is 68.3 Å². The van der Waals surface area contributed by atoms with Gasteiger partial charge >= 0.3 is 0 Å². The first-order valence-corrected chi connectivity index (χ1v) is 11.9. The molecule has 2 aromatic carbocycles. The predicted molar refractivity (Wildman–Crippen MR) is 127 cm³/mol. The predicted octanol–water partition coefficient (Wildman–Crippen LogP) is 7.64. The zero-order valence-corrected chi connectivity index (χ0v) is 19.6. The highest BCUT2D eigenvalue weighted by Gasteiger charge is 2.42. The maximum atomic E-state index is 10.5. The second-order valence-electron chi connectivity index (χ2n) is 8.69. The molecule has 0 bridgehead atoms. The van der Waals surface area contributed by atoms with Crippen molar-refractivity contribution in [1.82, 2.24) is 4.90 Å². The first-order chi connectivity index (χ1) is 14.5. The lowest BCUT2D eigenvalue weighted by Crippen LogP contribution is -2.37. The van der Waals surface area contributed by atoms with E-state index in [1.165, 1.54) is 18.4 Å². The van der Waals surface area contributed by atoms with Crippen LogP contribution in [0.2, 0.25) is 10.0 Å². The van der Waals surface area contributed by atoms with Crippen LogP contribution in [0.15, 0.2) is 48.5 Å². The van der Waals surface area contributed by atoms with E-state index in [0.717, 1.165) is 44.2 Å².